The monoisotopic (exact) mass is 380 g/mol. The number of allylic oxidation sites excluding steroid dienone is 1. The van der Waals surface area contributed by atoms with Crippen LogP contribution < -0.4 is 15.4 Å². The minimum absolute atomic E-state index is 0.0144. The van der Waals surface area contributed by atoms with E-state index in [1.54, 1.807) is 25.1 Å². The van der Waals surface area contributed by atoms with Gasteiger partial charge in [-0.15, -0.1) is 0 Å². The molecule has 2 amide bonds. The van der Waals surface area contributed by atoms with E-state index >= 15 is 0 Å². The Kier molecular flexibility index (Phi) is 6.53. The molecule has 1 aromatic rings. The molecule has 0 fully saturated rings. The molecule has 6 nitrogen and oxygen atoms in total. The number of amides is 2. The zero-order chi connectivity index (χ0) is 19.4. The molecular weight excluding hydrogens is 356 g/mol. The highest BCUT2D eigenvalue weighted by atomic mass is 35.5. The van der Waals surface area contributed by atoms with E-state index in [1.807, 2.05) is 27.7 Å². The largest absolute Gasteiger partial charge is 0.489 e. The minimum atomic E-state index is -0.647. The van der Waals surface area contributed by atoms with Crippen LogP contribution in [-0.2, 0) is 9.53 Å². The second-order valence-corrected chi connectivity index (χ2v) is 7.00. The van der Waals surface area contributed by atoms with Gasteiger partial charge in [0.1, 0.15) is 5.75 Å². The van der Waals surface area contributed by atoms with Gasteiger partial charge >= 0.3 is 12.0 Å². The number of urea groups is 1. The Bertz CT molecular complexity index is 728. The van der Waals surface area contributed by atoms with Crippen molar-refractivity contribution in [3.8, 4) is 5.75 Å². The first-order valence-corrected chi connectivity index (χ1v) is 9.07. The number of hydrogen-bond acceptors (Lipinski definition) is 4. The van der Waals surface area contributed by atoms with Crippen LogP contribution in [0.15, 0.2) is 29.5 Å². The number of esters is 1. The van der Waals surface area contributed by atoms with Gasteiger partial charge in [-0.2, -0.15) is 0 Å². The Hall–Kier alpha value is -2.21. The predicted octanol–water partition coefficient (Wildman–Crippen LogP) is 3.95. The van der Waals surface area contributed by atoms with Crippen LogP contribution in [0.2, 0.25) is 5.02 Å². The maximum atomic E-state index is 12.6. The van der Waals surface area contributed by atoms with Gasteiger partial charge < -0.3 is 20.1 Å². The van der Waals surface area contributed by atoms with E-state index in [-0.39, 0.29) is 24.7 Å². The van der Waals surface area contributed by atoms with E-state index in [9.17, 15) is 9.59 Å². The Balaban J connectivity index is 2.50. The molecule has 0 aromatic heterocycles. The average molecular weight is 381 g/mol. The number of carbonyl (C=O) groups excluding carboxylic acids is 2. The lowest BCUT2D eigenvalue weighted by atomic mass is 9.91. The van der Waals surface area contributed by atoms with E-state index < -0.39 is 12.0 Å². The van der Waals surface area contributed by atoms with Crippen LogP contribution in [0.5, 0.6) is 5.75 Å². The lowest BCUT2D eigenvalue weighted by Gasteiger charge is -2.31. The fraction of sp³-hybridized carbons (Fsp3) is 0.474. The van der Waals surface area contributed by atoms with Crippen LogP contribution >= 0.6 is 11.6 Å². The zero-order valence-electron chi connectivity index (χ0n) is 15.7. The fourth-order valence-corrected chi connectivity index (χ4v) is 3.01. The highest BCUT2D eigenvalue weighted by Crippen LogP contribution is 2.34. The molecule has 0 saturated carbocycles. The summed E-state index contributed by atoms with van der Waals surface area (Å²) < 4.78 is 10.9. The van der Waals surface area contributed by atoms with Gasteiger partial charge in [-0.05, 0) is 44.4 Å². The van der Waals surface area contributed by atoms with Crippen molar-refractivity contribution in [2.45, 2.75) is 46.8 Å². The summed E-state index contributed by atoms with van der Waals surface area (Å²) in [5.74, 6) is 0.0331. The lowest BCUT2D eigenvalue weighted by Crippen LogP contribution is -2.47. The quantitative estimate of drug-likeness (QED) is 0.732. The summed E-state index contributed by atoms with van der Waals surface area (Å²) in [6, 6.07) is 4.21. The van der Waals surface area contributed by atoms with Crippen molar-refractivity contribution in [3.05, 3.63) is 40.1 Å². The second kappa shape index (κ2) is 8.45. The van der Waals surface area contributed by atoms with Crippen molar-refractivity contribution in [2.75, 3.05) is 6.61 Å². The molecule has 2 N–H and O–H groups in total. The van der Waals surface area contributed by atoms with Crippen LogP contribution in [0.25, 0.3) is 0 Å². The van der Waals surface area contributed by atoms with E-state index in [0.717, 1.165) is 0 Å². The van der Waals surface area contributed by atoms with Crippen LogP contribution in [0, 0.1) is 5.92 Å². The molecule has 2 rings (SSSR count). The highest BCUT2D eigenvalue weighted by molar-refractivity contribution is 6.32. The van der Waals surface area contributed by atoms with Crippen molar-refractivity contribution in [1.82, 2.24) is 10.6 Å². The van der Waals surface area contributed by atoms with Crippen LogP contribution in [0.4, 0.5) is 4.79 Å². The van der Waals surface area contributed by atoms with Crippen molar-refractivity contribution in [1.29, 1.82) is 0 Å². The van der Waals surface area contributed by atoms with Gasteiger partial charge in [-0.25, -0.2) is 9.59 Å². The molecule has 142 valence electrons. The third-order valence-electron chi connectivity index (χ3n) is 3.83. The molecule has 1 atom stereocenters. The van der Waals surface area contributed by atoms with E-state index in [2.05, 4.69) is 10.6 Å². The Morgan fingerprint density at radius 3 is 2.50 bits per heavy atom. The van der Waals surface area contributed by atoms with Gasteiger partial charge in [0.2, 0.25) is 0 Å². The Morgan fingerprint density at radius 2 is 1.96 bits per heavy atom. The maximum Gasteiger partial charge on any atom is 0.338 e. The molecule has 0 spiro atoms. The van der Waals surface area contributed by atoms with Crippen LogP contribution in [-0.4, -0.2) is 24.7 Å². The Morgan fingerprint density at radius 1 is 1.27 bits per heavy atom. The molecule has 1 heterocycles. The molecule has 1 aliphatic heterocycles. The van der Waals surface area contributed by atoms with Gasteiger partial charge in [0.25, 0.3) is 0 Å². The summed E-state index contributed by atoms with van der Waals surface area (Å²) in [4.78, 5) is 24.7. The third-order valence-corrected chi connectivity index (χ3v) is 4.12. The maximum absolute atomic E-state index is 12.6. The molecular formula is C19H25ClN2O4. The average Bonchev–Trinajstić information content (AvgIpc) is 2.55. The fourth-order valence-electron chi connectivity index (χ4n) is 2.77. The summed E-state index contributed by atoms with van der Waals surface area (Å²) in [5.41, 5.74) is 1.62. The van der Waals surface area contributed by atoms with Crippen molar-refractivity contribution < 1.29 is 19.1 Å². The summed E-state index contributed by atoms with van der Waals surface area (Å²) >= 11 is 6.33. The molecule has 7 heteroatoms. The molecule has 0 saturated heterocycles. The molecule has 26 heavy (non-hydrogen) atoms. The number of rotatable bonds is 6. The Labute approximate surface area is 158 Å². The van der Waals surface area contributed by atoms with Crippen molar-refractivity contribution in [2.24, 2.45) is 5.92 Å². The number of ether oxygens (including phenoxy) is 2. The summed E-state index contributed by atoms with van der Waals surface area (Å²) in [7, 11) is 0. The summed E-state index contributed by atoms with van der Waals surface area (Å²) in [6.45, 7) is 9.62. The number of hydrogen-bond donors (Lipinski definition) is 2. The number of nitrogens with one attached hydrogen (secondary N) is 2. The van der Waals surface area contributed by atoms with Gasteiger partial charge in [-0.3, -0.25) is 0 Å². The third kappa shape index (κ3) is 4.49. The van der Waals surface area contributed by atoms with Gasteiger partial charge in [0.05, 0.1) is 29.3 Å². The summed E-state index contributed by atoms with van der Waals surface area (Å²) in [6.07, 6.45) is -0.0144. The SMILES string of the molecule is CCOC(=O)C1=C(C(C)C)NC(=O)NC1c1ccc(OC(C)C)c(Cl)c1. The topological polar surface area (TPSA) is 76.7 Å². The number of benzene rings is 1. The molecule has 1 aliphatic rings. The number of halogens is 1. The van der Waals surface area contributed by atoms with Gasteiger partial charge in [0.15, 0.2) is 0 Å². The zero-order valence-corrected chi connectivity index (χ0v) is 16.4. The van der Waals surface area contributed by atoms with Gasteiger partial charge in [-0.1, -0.05) is 31.5 Å². The van der Waals surface area contributed by atoms with Crippen molar-refractivity contribution in [3.63, 3.8) is 0 Å². The van der Waals surface area contributed by atoms with E-state index in [4.69, 9.17) is 21.1 Å². The number of carbonyl (C=O) groups is 2. The molecule has 1 unspecified atom stereocenters. The van der Waals surface area contributed by atoms with Crippen LogP contribution in [0.3, 0.4) is 0 Å². The first kappa shape index (κ1) is 20.1. The van der Waals surface area contributed by atoms with E-state index in [1.165, 1.54) is 0 Å². The molecule has 0 radical (unpaired) electrons. The smallest absolute Gasteiger partial charge is 0.338 e. The molecule has 0 aliphatic carbocycles. The normalized spacial score (nSPS) is 17.2. The van der Waals surface area contributed by atoms with Crippen LogP contribution in [0.1, 0.15) is 46.2 Å². The first-order valence-electron chi connectivity index (χ1n) is 8.69. The molecule has 1 aromatic carbocycles. The first-order chi connectivity index (χ1) is 12.2. The standard InChI is InChI=1S/C19H25ClN2O4/c1-6-25-18(23)15-16(10(2)3)21-19(24)22-17(15)12-7-8-14(13(20)9-12)26-11(4)5/h7-11,17H,6H2,1-5H3,(H2,21,22,24). The minimum Gasteiger partial charge on any atom is -0.489 e. The molecule has 0 bridgehead atoms. The van der Waals surface area contributed by atoms with Crippen molar-refractivity contribution >= 4 is 23.6 Å². The highest BCUT2D eigenvalue weighted by Gasteiger charge is 2.34. The predicted molar refractivity (Wildman–Crippen MR) is 100 cm³/mol. The summed E-state index contributed by atoms with van der Waals surface area (Å²) in [5, 5.41) is 5.93. The second-order valence-electron chi connectivity index (χ2n) is 6.59. The van der Waals surface area contributed by atoms with E-state index in [0.29, 0.717) is 27.6 Å². The lowest BCUT2D eigenvalue weighted by molar-refractivity contribution is -0.139. The van der Waals surface area contributed by atoms with Gasteiger partial charge in [0, 0.05) is 5.70 Å².